The third-order valence-electron chi connectivity index (χ3n) is 2.67. The highest BCUT2D eigenvalue weighted by Crippen LogP contribution is 2.22. The quantitative estimate of drug-likeness (QED) is 0.849. The average Bonchev–Trinajstić information content (AvgIpc) is 2.76. The molecule has 0 aliphatic rings. The van der Waals surface area contributed by atoms with Gasteiger partial charge in [-0.1, -0.05) is 24.9 Å². The van der Waals surface area contributed by atoms with E-state index in [0.29, 0.717) is 12.0 Å². The highest BCUT2D eigenvalue weighted by atomic mass is 79.9. The molecule has 2 heterocycles. The van der Waals surface area contributed by atoms with Crippen molar-refractivity contribution in [1.82, 2.24) is 9.55 Å². The second kappa shape index (κ2) is 6.07. The highest BCUT2D eigenvalue weighted by molar-refractivity contribution is 9.11. The fourth-order valence-corrected chi connectivity index (χ4v) is 3.52. The summed E-state index contributed by atoms with van der Waals surface area (Å²) in [6.45, 7) is 2.22. The Morgan fingerprint density at radius 1 is 1.42 bits per heavy atom. The predicted molar refractivity (Wildman–Crippen MR) is 81.4 cm³/mol. The number of halogens is 2. The van der Waals surface area contributed by atoms with Crippen molar-refractivity contribution in [3.05, 3.63) is 52.4 Å². The first-order valence-corrected chi connectivity index (χ1v) is 7.77. The molecule has 0 atom stereocenters. The lowest BCUT2D eigenvalue weighted by Gasteiger charge is -2.07. The van der Waals surface area contributed by atoms with Gasteiger partial charge in [0.05, 0.1) is 15.9 Å². The Bertz CT molecular complexity index is 704. The van der Waals surface area contributed by atoms with Crippen LogP contribution in [0.5, 0.6) is 0 Å². The molecule has 0 bridgehead atoms. The number of hydrogen-bond donors (Lipinski definition) is 1. The van der Waals surface area contributed by atoms with Gasteiger partial charge in [0, 0.05) is 4.88 Å². The molecule has 0 saturated heterocycles. The number of rotatable bonds is 4. The first-order valence-electron chi connectivity index (χ1n) is 5.78. The van der Waals surface area contributed by atoms with Gasteiger partial charge in [0.1, 0.15) is 5.15 Å². The molecule has 1 N–H and O–H groups in total. The van der Waals surface area contributed by atoms with Gasteiger partial charge in [0.25, 0.3) is 5.56 Å². The Hall–Kier alpha value is -0.850. The molecule has 19 heavy (non-hydrogen) atoms. The van der Waals surface area contributed by atoms with Crippen LogP contribution in [0.3, 0.4) is 0 Å². The Morgan fingerprint density at radius 2 is 2.16 bits per heavy atom. The van der Waals surface area contributed by atoms with Crippen molar-refractivity contribution in [3.8, 4) is 0 Å². The lowest BCUT2D eigenvalue weighted by Crippen LogP contribution is -2.37. The molecule has 0 amide bonds. The molecule has 0 saturated carbocycles. The van der Waals surface area contributed by atoms with Crippen LogP contribution in [-0.4, -0.2) is 9.55 Å². The van der Waals surface area contributed by atoms with E-state index >= 15 is 0 Å². The molecule has 2 rings (SSSR count). The smallest absolute Gasteiger partial charge is 0.297 e. The standard InChI is InChI=1S/C12H12BrClN2O2S/c1-2-3-8-10(14)15-12(18)16(11(8)17)6-7-4-5-9(13)19-7/h4-5H,2-3,6H2,1H3,(H,15,18). The number of thiophene rings is 1. The van der Waals surface area contributed by atoms with Crippen LogP contribution in [0, 0.1) is 0 Å². The maximum Gasteiger partial charge on any atom is 0.329 e. The van der Waals surface area contributed by atoms with Gasteiger partial charge in [0.15, 0.2) is 0 Å². The summed E-state index contributed by atoms with van der Waals surface area (Å²) in [5.74, 6) is 0. The largest absolute Gasteiger partial charge is 0.329 e. The Kier molecular flexibility index (Phi) is 4.65. The second-order valence-electron chi connectivity index (χ2n) is 4.07. The molecule has 0 radical (unpaired) electrons. The zero-order chi connectivity index (χ0) is 14.0. The van der Waals surface area contributed by atoms with Crippen LogP contribution in [0.4, 0.5) is 0 Å². The van der Waals surface area contributed by atoms with E-state index in [0.717, 1.165) is 15.1 Å². The minimum atomic E-state index is -0.473. The minimum absolute atomic E-state index is 0.153. The summed E-state index contributed by atoms with van der Waals surface area (Å²) in [6, 6.07) is 3.77. The van der Waals surface area contributed by atoms with E-state index in [-0.39, 0.29) is 17.3 Å². The van der Waals surface area contributed by atoms with Crippen molar-refractivity contribution in [1.29, 1.82) is 0 Å². The third kappa shape index (κ3) is 3.19. The van der Waals surface area contributed by atoms with E-state index in [1.165, 1.54) is 15.9 Å². The number of hydrogen-bond acceptors (Lipinski definition) is 3. The summed E-state index contributed by atoms with van der Waals surface area (Å²) in [5.41, 5.74) is -0.307. The molecule has 2 aromatic rings. The lowest BCUT2D eigenvalue weighted by atomic mass is 10.2. The van der Waals surface area contributed by atoms with Crippen LogP contribution >= 0.6 is 38.9 Å². The zero-order valence-electron chi connectivity index (χ0n) is 10.2. The van der Waals surface area contributed by atoms with Crippen LogP contribution in [0.15, 0.2) is 25.5 Å². The summed E-state index contributed by atoms with van der Waals surface area (Å²) in [7, 11) is 0. The van der Waals surface area contributed by atoms with Crippen molar-refractivity contribution < 1.29 is 0 Å². The van der Waals surface area contributed by atoms with E-state index < -0.39 is 5.69 Å². The highest BCUT2D eigenvalue weighted by Gasteiger charge is 2.12. The second-order valence-corrected chi connectivity index (χ2v) is 7.00. The van der Waals surface area contributed by atoms with Crippen LogP contribution in [0.2, 0.25) is 5.15 Å². The van der Waals surface area contributed by atoms with E-state index in [4.69, 9.17) is 11.6 Å². The Morgan fingerprint density at radius 3 is 2.74 bits per heavy atom. The van der Waals surface area contributed by atoms with Crippen molar-refractivity contribution in [2.75, 3.05) is 0 Å². The van der Waals surface area contributed by atoms with Crippen LogP contribution in [0.1, 0.15) is 23.8 Å². The van der Waals surface area contributed by atoms with E-state index in [9.17, 15) is 9.59 Å². The number of aromatic amines is 1. The molecule has 0 aliphatic carbocycles. The lowest BCUT2D eigenvalue weighted by molar-refractivity contribution is 0.687. The summed E-state index contributed by atoms with van der Waals surface area (Å²) in [5, 5.41) is 0.153. The van der Waals surface area contributed by atoms with E-state index in [2.05, 4.69) is 20.9 Å². The maximum absolute atomic E-state index is 12.3. The number of nitrogens with zero attached hydrogens (tertiary/aromatic N) is 1. The van der Waals surface area contributed by atoms with Crippen molar-refractivity contribution in [3.63, 3.8) is 0 Å². The number of aromatic nitrogens is 2. The first-order chi connectivity index (χ1) is 9.02. The van der Waals surface area contributed by atoms with Crippen LogP contribution < -0.4 is 11.2 Å². The molecule has 0 aliphatic heterocycles. The normalized spacial score (nSPS) is 10.9. The molecular formula is C12H12BrClN2O2S. The van der Waals surface area contributed by atoms with Gasteiger partial charge >= 0.3 is 5.69 Å². The van der Waals surface area contributed by atoms with Crippen molar-refractivity contribution in [2.24, 2.45) is 0 Å². The van der Waals surface area contributed by atoms with Crippen molar-refractivity contribution in [2.45, 2.75) is 26.3 Å². The monoisotopic (exact) mass is 362 g/mol. The number of H-pyrrole nitrogens is 1. The van der Waals surface area contributed by atoms with Gasteiger partial charge < -0.3 is 0 Å². The fourth-order valence-electron chi connectivity index (χ4n) is 1.79. The molecule has 0 fully saturated rings. The van der Waals surface area contributed by atoms with Gasteiger partial charge in [0.2, 0.25) is 0 Å². The topological polar surface area (TPSA) is 54.9 Å². The number of nitrogens with one attached hydrogen (secondary N) is 1. The summed E-state index contributed by atoms with van der Waals surface area (Å²) >= 11 is 10.8. The predicted octanol–water partition coefficient (Wildman–Crippen LogP) is 3.01. The van der Waals surface area contributed by atoms with E-state index in [1.54, 1.807) is 0 Å². The zero-order valence-corrected chi connectivity index (χ0v) is 13.4. The maximum atomic E-state index is 12.3. The molecule has 4 nitrogen and oxygen atoms in total. The van der Waals surface area contributed by atoms with Gasteiger partial charge in [-0.05, 0) is 34.5 Å². The SMILES string of the molecule is CCCc1c(Cl)[nH]c(=O)n(Cc2ccc(Br)s2)c1=O. The van der Waals surface area contributed by atoms with Gasteiger partial charge in [-0.3, -0.25) is 14.3 Å². The van der Waals surface area contributed by atoms with Crippen LogP contribution in [0.25, 0.3) is 0 Å². The Balaban J connectivity index is 2.48. The van der Waals surface area contributed by atoms with E-state index in [1.807, 2.05) is 19.1 Å². The first kappa shape index (κ1) is 14.6. The average molecular weight is 364 g/mol. The molecule has 7 heteroatoms. The molecular weight excluding hydrogens is 352 g/mol. The van der Waals surface area contributed by atoms with Gasteiger partial charge in [-0.2, -0.15) is 0 Å². The molecule has 0 aromatic carbocycles. The Labute approximate surface area is 127 Å². The molecule has 2 aromatic heterocycles. The summed E-state index contributed by atoms with van der Waals surface area (Å²) in [4.78, 5) is 27.6. The molecule has 102 valence electrons. The van der Waals surface area contributed by atoms with Crippen molar-refractivity contribution >= 4 is 38.9 Å². The summed E-state index contributed by atoms with van der Waals surface area (Å²) < 4.78 is 2.16. The fraction of sp³-hybridized carbons (Fsp3) is 0.333. The van der Waals surface area contributed by atoms with Crippen LogP contribution in [-0.2, 0) is 13.0 Å². The molecule has 0 spiro atoms. The van der Waals surface area contributed by atoms with Gasteiger partial charge in [-0.15, -0.1) is 11.3 Å². The third-order valence-corrected chi connectivity index (χ3v) is 4.60. The summed E-state index contributed by atoms with van der Waals surface area (Å²) in [6.07, 6.45) is 1.36. The molecule has 0 unspecified atom stereocenters. The van der Waals surface area contributed by atoms with Gasteiger partial charge in [-0.25, -0.2) is 4.79 Å². The minimum Gasteiger partial charge on any atom is -0.297 e.